The second kappa shape index (κ2) is 75.2. The molecule has 0 spiro atoms. The van der Waals surface area contributed by atoms with Gasteiger partial charge < -0.3 is 134 Å². The van der Waals surface area contributed by atoms with E-state index < -0.39 is 193 Å². The Balaban J connectivity index is -0.000000558. The molecule has 8 unspecified atom stereocenters. The monoisotopic (exact) mass is 2120 g/mol. The van der Waals surface area contributed by atoms with Crippen molar-refractivity contribution in [2.24, 2.45) is 17.2 Å². The standard InChI is InChI=1S/C23H36N4O6.C22H36N4O6.C18H30N4O4.C18H28N4O4.C12H24N2O6.C3H10N2.3ClH/c1-7-11-16(25-22(32)33-23(2,3)4)19(29)20(30)24-14-17(28)26-18(21(31)27(5)6)15-12-9-8-10-13-15;1-7-15(24-21(31)32-22(2,3)4)18(28)19(29)23-13-16(27)25-17(20(30)26(5)6)14-11-9-8-10-12-14;2*1-4-8-13(19)16(24)17(25)20-11-14(23)21-15(18(26)22(2)3)12-9-6-5-7-10-12;1-5-7(14-11(19)20-12(2,3)4)9(17)10(18)13-6-8(15)16;1-5(2)3-4;;;/h8-10,12-13,16,18,20,24,30H,7,11,14H2,1-6H3,(H,25,32)(H,26,28);8-12,15,17-19,23,28-29H,7,13H2,1-6H3,(H,24,31)(H,25,27);5-7,9-10,13,15-17,20,24-25H,4,8,11,19H2,1-3H3,(H,21,23);5-7,9-10,13,15,17,20,25H,4,8,11,19H2,1-3H3,(H,21,23);7,9-10,13,17-18H,5-6H2,1-4H3,(H,14,19)(H,15,16);3-4H2,1-2H3;3*1H/t16?,18-,20-;15?,17-,18?,19-;13?,15-,16?,17-;13?,15-,17-;7?,9?,10-;;;;/m00000..../s1. The molecule has 0 heterocycles. The van der Waals surface area contributed by atoms with Crippen molar-refractivity contribution in [2.75, 3.05) is 110 Å². The van der Waals surface area contributed by atoms with Crippen molar-refractivity contribution in [2.45, 2.75) is 269 Å². The molecule has 4 aromatic rings. The van der Waals surface area contributed by atoms with E-state index in [2.05, 4.69) is 63.8 Å². The van der Waals surface area contributed by atoms with Gasteiger partial charge in [-0.05, 0) is 131 Å². The van der Waals surface area contributed by atoms with E-state index in [1.54, 1.807) is 242 Å². The highest BCUT2D eigenvalue weighted by molar-refractivity contribution is 5.94. The lowest BCUT2D eigenvalue weighted by Crippen LogP contribution is -2.55. The molecule has 0 aliphatic rings. The maximum atomic E-state index is 12.6. The van der Waals surface area contributed by atoms with Crippen molar-refractivity contribution >= 4 is 120 Å². The molecule has 0 saturated carbocycles. The number of hydrogen-bond donors (Lipinski definition) is 24. The second-order valence-electron chi connectivity index (χ2n) is 36.7. The van der Waals surface area contributed by atoms with E-state index >= 15 is 0 Å². The summed E-state index contributed by atoms with van der Waals surface area (Å²) in [5.41, 5.74) is 16.9. The van der Waals surface area contributed by atoms with Crippen LogP contribution in [-0.2, 0) is 67.0 Å². The van der Waals surface area contributed by atoms with Crippen molar-refractivity contribution in [3.05, 3.63) is 144 Å². The van der Waals surface area contributed by atoms with Crippen molar-refractivity contribution in [1.29, 1.82) is 0 Å². The molecule has 828 valence electrons. The summed E-state index contributed by atoms with van der Waals surface area (Å²) in [6.07, 6.45) is -9.64. The molecule has 27 N–H and O–H groups in total. The van der Waals surface area contributed by atoms with Crippen LogP contribution in [0.5, 0.6) is 0 Å². The zero-order valence-electron chi connectivity index (χ0n) is 87.9. The van der Waals surface area contributed by atoms with Gasteiger partial charge in [-0.3, -0.25) is 84.2 Å². The van der Waals surface area contributed by atoms with Gasteiger partial charge in [-0.1, -0.05) is 175 Å². The van der Waals surface area contributed by atoms with Gasteiger partial charge >= 0.3 is 24.2 Å². The number of nitrogens with zero attached hydrogens (tertiary/aromatic N) is 5. The zero-order chi connectivity index (χ0) is 109. The van der Waals surface area contributed by atoms with E-state index in [1.165, 1.54) is 19.6 Å². The third kappa shape index (κ3) is 62.3. The number of Topliss-reactive ketones (excluding diaryl/α,β-unsaturated/α-hetero) is 2. The number of carboxylic acid groups (broad SMARTS) is 1. The van der Waals surface area contributed by atoms with E-state index in [-0.39, 0.29) is 86.9 Å². The fourth-order valence-corrected chi connectivity index (χ4v) is 12.0. The van der Waals surface area contributed by atoms with Gasteiger partial charge in [-0.2, -0.15) is 0 Å². The summed E-state index contributed by atoms with van der Waals surface area (Å²) >= 11 is 0. The Morgan fingerprint density at radius 1 is 0.338 bits per heavy atom. The molecular formula is C96H167Cl3N20O26. The maximum Gasteiger partial charge on any atom is 0.408 e. The van der Waals surface area contributed by atoms with Crippen LogP contribution < -0.4 is 81.0 Å². The van der Waals surface area contributed by atoms with Gasteiger partial charge in [-0.15, -0.1) is 37.2 Å². The van der Waals surface area contributed by atoms with Gasteiger partial charge in [0.05, 0.1) is 56.9 Å². The topological polar surface area (TPSA) is 687 Å². The van der Waals surface area contributed by atoms with Crippen molar-refractivity contribution in [3.63, 3.8) is 0 Å². The highest BCUT2D eigenvalue weighted by Crippen LogP contribution is 2.21. The predicted octanol–water partition coefficient (Wildman–Crippen LogP) is 0.845. The molecule has 0 aromatic heterocycles. The minimum absolute atomic E-state index is 0. The van der Waals surface area contributed by atoms with E-state index in [1.807, 2.05) is 51.9 Å². The molecule has 0 aliphatic heterocycles. The first-order chi connectivity index (χ1) is 66.1. The number of amides is 11. The number of benzene rings is 4. The Bertz CT molecular complexity index is 4390. The predicted molar refractivity (Wildman–Crippen MR) is 555 cm³/mol. The summed E-state index contributed by atoms with van der Waals surface area (Å²) in [6, 6.07) is 27.8. The number of aliphatic hydroxyl groups is 8. The highest BCUT2D eigenvalue weighted by Gasteiger charge is 2.36. The first kappa shape index (κ1) is 143. The number of nitrogens with two attached hydrogens (primary N) is 3. The number of carbonyl (C=O) groups is 14. The van der Waals surface area contributed by atoms with Crippen LogP contribution in [0.15, 0.2) is 121 Å². The van der Waals surface area contributed by atoms with Gasteiger partial charge in [0, 0.05) is 69.1 Å². The number of hydrogen-bond acceptors (Lipinski definition) is 34. The largest absolute Gasteiger partial charge is 0.480 e. The Labute approximate surface area is 871 Å². The molecule has 0 radical (unpaired) electrons. The van der Waals surface area contributed by atoms with Crippen LogP contribution in [0.4, 0.5) is 14.4 Å². The van der Waals surface area contributed by atoms with Gasteiger partial charge in [0.1, 0.15) is 78.0 Å². The van der Waals surface area contributed by atoms with Gasteiger partial charge in [0.15, 0.2) is 24.0 Å². The second-order valence-corrected chi connectivity index (χ2v) is 36.7. The summed E-state index contributed by atoms with van der Waals surface area (Å²) in [5.74, 6) is -5.75. The first-order valence-electron chi connectivity index (χ1n) is 46.6. The number of ketones is 2. The lowest BCUT2D eigenvalue weighted by molar-refractivity contribution is -0.137. The molecular weight excluding hydrogens is 1960 g/mol. The molecule has 46 nitrogen and oxygen atoms in total. The van der Waals surface area contributed by atoms with E-state index in [0.29, 0.717) is 67.4 Å². The molecule has 145 heavy (non-hydrogen) atoms. The average molecular weight is 2120 g/mol. The van der Waals surface area contributed by atoms with Crippen molar-refractivity contribution in [1.82, 2.24) is 88.3 Å². The van der Waals surface area contributed by atoms with Crippen molar-refractivity contribution < 1.29 is 127 Å². The smallest absolute Gasteiger partial charge is 0.408 e. The molecule has 0 fully saturated rings. The molecule has 4 rings (SSSR count). The van der Waals surface area contributed by atoms with Crippen LogP contribution >= 0.6 is 37.2 Å². The zero-order valence-corrected chi connectivity index (χ0v) is 90.4. The SMILES string of the molecule is CCC(NC(=O)OC(C)(C)C)C(O)[C@H](O)NCC(=O)N[C@H](C(=O)N(C)C)c1ccccc1.CCC(NC(=O)OC(C)(C)C)C(O)[C@H](O)NCC(=O)O.CCCC(N)C(=O)[C@H](O)NCC(=O)N[C@H](C(=O)N(C)C)c1ccccc1.CCCC(N)C(O)[C@H](O)NCC(=O)N[C@H](C(=O)N(C)C)c1ccccc1.CCCC(NC(=O)OC(C)(C)C)C(=O)[C@H](O)NCC(=O)N[C@H](C(=O)N(C)C)c1ccccc1.CN(C)CN.Cl.Cl.Cl. The quantitative estimate of drug-likeness (QED) is 0.0215. The fraction of sp³-hybridized carbons (Fsp3) is 0.604. The van der Waals surface area contributed by atoms with Gasteiger partial charge in [0.2, 0.25) is 47.3 Å². The normalized spacial score (nSPS) is 14.4. The molecule has 4 aromatic carbocycles. The number of aliphatic hydroxyl groups excluding tert-OH is 8. The summed E-state index contributed by atoms with van der Waals surface area (Å²) in [7, 11) is 16.6. The first-order valence-corrected chi connectivity index (χ1v) is 46.6. The van der Waals surface area contributed by atoms with Crippen LogP contribution in [0.2, 0.25) is 0 Å². The number of ether oxygens (including phenoxy) is 3. The lowest BCUT2D eigenvalue weighted by atomic mass is 10.1. The van der Waals surface area contributed by atoms with Crippen molar-refractivity contribution in [3.8, 4) is 0 Å². The Morgan fingerprint density at radius 3 is 0.814 bits per heavy atom. The number of halogens is 3. The van der Waals surface area contributed by atoms with Gasteiger partial charge in [-0.25, -0.2) is 14.4 Å². The number of carbonyl (C=O) groups excluding carboxylic acids is 13. The third-order valence-corrected chi connectivity index (χ3v) is 19.4. The van der Waals surface area contributed by atoms with Crippen LogP contribution in [0, 0.1) is 0 Å². The van der Waals surface area contributed by atoms with Crippen LogP contribution in [0.1, 0.15) is 195 Å². The molecule has 49 heteroatoms. The third-order valence-electron chi connectivity index (χ3n) is 19.4. The maximum absolute atomic E-state index is 12.6. The summed E-state index contributed by atoms with van der Waals surface area (Å²) < 4.78 is 15.4. The Kier molecular flexibility index (Phi) is 74.1. The number of likely N-dealkylation sites (N-methyl/N-ethyl adjacent to an activating group) is 4. The highest BCUT2D eigenvalue weighted by atomic mass is 35.5. The van der Waals surface area contributed by atoms with Crippen LogP contribution in [-0.4, -0.2) is 360 Å². The lowest BCUT2D eigenvalue weighted by Gasteiger charge is -2.29. The number of nitrogens with one attached hydrogen (secondary N) is 12. The number of alkyl carbamates (subject to hydrolysis) is 3. The van der Waals surface area contributed by atoms with Crippen LogP contribution in [0.25, 0.3) is 0 Å². The molecule has 17 atom stereocenters. The minimum Gasteiger partial charge on any atom is -0.480 e. The van der Waals surface area contributed by atoms with E-state index in [9.17, 15) is 108 Å². The molecule has 11 amide bonds. The minimum atomic E-state index is -1.69. The molecule has 0 saturated heterocycles. The summed E-state index contributed by atoms with van der Waals surface area (Å²) in [6.45, 7) is 23.2. The number of carboxylic acids is 1. The number of aliphatic carboxylic acids is 1. The molecule has 0 aliphatic carbocycles. The summed E-state index contributed by atoms with van der Waals surface area (Å²) in [4.78, 5) is 177. The van der Waals surface area contributed by atoms with E-state index in [4.69, 9.17) is 36.5 Å². The average Bonchev–Trinajstić information content (AvgIpc) is 0.859. The Morgan fingerprint density at radius 2 is 0.579 bits per heavy atom. The van der Waals surface area contributed by atoms with E-state index in [0.717, 1.165) is 6.42 Å². The Hall–Kier alpha value is -10.6. The molecule has 0 bridgehead atoms. The number of rotatable bonds is 49. The fourth-order valence-electron chi connectivity index (χ4n) is 12.0. The van der Waals surface area contributed by atoms with Crippen LogP contribution in [0.3, 0.4) is 0 Å². The summed E-state index contributed by atoms with van der Waals surface area (Å²) in [5, 5.41) is 119. The van der Waals surface area contributed by atoms with Gasteiger partial charge in [0.25, 0.3) is 0 Å².